The van der Waals surface area contributed by atoms with Gasteiger partial charge in [0, 0.05) is 18.7 Å². The van der Waals surface area contributed by atoms with E-state index in [4.69, 9.17) is 10.8 Å². The van der Waals surface area contributed by atoms with Gasteiger partial charge in [-0.05, 0) is 36.6 Å². The number of nitrogens with zero attached hydrogens (tertiary/aromatic N) is 5. The molecule has 0 saturated carbocycles. The van der Waals surface area contributed by atoms with Crippen LogP contribution in [-0.2, 0) is 6.54 Å². The van der Waals surface area contributed by atoms with Crippen molar-refractivity contribution in [1.29, 1.82) is 5.26 Å². The molecule has 1 amide bonds. The highest BCUT2D eigenvalue weighted by Gasteiger charge is 2.19. The van der Waals surface area contributed by atoms with Gasteiger partial charge in [-0.1, -0.05) is 36.4 Å². The number of aliphatic hydroxyl groups is 2. The summed E-state index contributed by atoms with van der Waals surface area (Å²) < 4.78 is 14.0. The molecule has 1 unspecified atom stereocenters. The molecular weight excluding hydrogens is 541 g/mol. The number of benzene rings is 2. The average Bonchev–Trinajstić information content (AvgIpc) is 3.00. The molecule has 13 heteroatoms. The van der Waals surface area contributed by atoms with E-state index >= 15 is 0 Å². The van der Waals surface area contributed by atoms with Crippen molar-refractivity contribution < 1.29 is 19.4 Å². The molecule has 12 nitrogen and oxygen atoms in total. The summed E-state index contributed by atoms with van der Waals surface area (Å²) in [6.07, 6.45) is 1.83. The lowest BCUT2D eigenvalue weighted by Crippen LogP contribution is -2.29. The van der Waals surface area contributed by atoms with E-state index in [0.29, 0.717) is 23.4 Å². The number of halogens is 1. The molecule has 0 aliphatic carbocycles. The van der Waals surface area contributed by atoms with E-state index in [1.54, 1.807) is 26.0 Å². The van der Waals surface area contributed by atoms with Crippen molar-refractivity contribution in [1.82, 2.24) is 25.3 Å². The summed E-state index contributed by atoms with van der Waals surface area (Å²) in [7, 11) is 0. The molecule has 2 heterocycles. The summed E-state index contributed by atoms with van der Waals surface area (Å²) in [5.41, 5.74) is 9.04. The van der Waals surface area contributed by atoms with Crippen LogP contribution in [-0.4, -0.2) is 55.3 Å². The van der Waals surface area contributed by atoms with Crippen LogP contribution in [0.25, 0.3) is 11.3 Å². The van der Waals surface area contributed by atoms with Gasteiger partial charge in [0.15, 0.2) is 28.8 Å². The van der Waals surface area contributed by atoms with Gasteiger partial charge in [-0.3, -0.25) is 4.79 Å². The number of rotatable bonds is 11. The van der Waals surface area contributed by atoms with Crippen molar-refractivity contribution in [3.63, 3.8) is 0 Å². The van der Waals surface area contributed by atoms with Gasteiger partial charge in [0.2, 0.25) is 0 Å². The SMILES string of the molecule is Cc1ccc([C@H](C)NC(=O)c2nc(C#N)cnc2NCc2ccc(-c3cnc(N)c(NCC(O)CO)n3)cc2)cc1F. The van der Waals surface area contributed by atoms with E-state index in [-0.39, 0.29) is 41.2 Å². The summed E-state index contributed by atoms with van der Waals surface area (Å²) in [5, 5.41) is 36.6. The Morgan fingerprint density at radius 1 is 1.10 bits per heavy atom. The molecule has 0 spiro atoms. The third-order valence-corrected chi connectivity index (χ3v) is 6.37. The van der Waals surface area contributed by atoms with Gasteiger partial charge in [-0.15, -0.1) is 0 Å². The Morgan fingerprint density at radius 2 is 1.86 bits per heavy atom. The number of aliphatic hydroxyl groups excluding tert-OH is 2. The number of carbonyl (C=O) groups excluding carboxylic acids is 1. The van der Waals surface area contributed by atoms with Gasteiger partial charge in [-0.2, -0.15) is 5.26 Å². The average molecular weight is 572 g/mol. The number of aryl methyl sites for hydroxylation is 1. The van der Waals surface area contributed by atoms with Crippen LogP contribution in [0.4, 0.5) is 21.8 Å². The standard InChI is InChI=1S/C29H30FN9O3/c1-16-3-6-20(9-23(16)30)17(2)37-29(42)25-27(35-12-21(10-31)38-25)34-11-18-4-7-19(8-5-18)24-14-33-26(32)28(39-24)36-13-22(41)15-40/h3-9,12,14,17,22,40-41H,11,13,15H2,1-2H3,(H2,32,33)(H,34,35)(H,36,39)(H,37,42)/t17-,22?/m0/s1. The number of nitrogens with one attached hydrogen (secondary N) is 3. The van der Waals surface area contributed by atoms with Crippen molar-refractivity contribution in [3.05, 3.63) is 88.8 Å². The smallest absolute Gasteiger partial charge is 0.274 e. The van der Waals surface area contributed by atoms with E-state index in [1.807, 2.05) is 30.3 Å². The first-order chi connectivity index (χ1) is 20.2. The van der Waals surface area contributed by atoms with Crippen LogP contribution in [0.2, 0.25) is 0 Å². The van der Waals surface area contributed by atoms with Crippen LogP contribution in [0.3, 0.4) is 0 Å². The maximum Gasteiger partial charge on any atom is 0.274 e. The zero-order valence-corrected chi connectivity index (χ0v) is 23.0. The molecule has 0 aliphatic rings. The molecule has 0 bridgehead atoms. The van der Waals surface area contributed by atoms with Gasteiger partial charge in [-0.25, -0.2) is 24.3 Å². The fourth-order valence-electron chi connectivity index (χ4n) is 3.88. The van der Waals surface area contributed by atoms with E-state index in [0.717, 1.165) is 11.1 Å². The topological polar surface area (TPSA) is 195 Å². The lowest BCUT2D eigenvalue weighted by molar-refractivity contribution is 0.0935. The van der Waals surface area contributed by atoms with Crippen LogP contribution in [0, 0.1) is 24.1 Å². The highest BCUT2D eigenvalue weighted by Crippen LogP contribution is 2.23. The molecule has 0 fully saturated rings. The van der Waals surface area contributed by atoms with Crippen molar-refractivity contribution >= 4 is 23.4 Å². The number of amides is 1. The van der Waals surface area contributed by atoms with E-state index in [1.165, 1.54) is 18.5 Å². The number of hydrogen-bond donors (Lipinski definition) is 6. The Balaban J connectivity index is 1.46. The molecule has 42 heavy (non-hydrogen) atoms. The van der Waals surface area contributed by atoms with Gasteiger partial charge < -0.3 is 31.9 Å². The van der Waals surface area contributed by atoms with Crippen LogP contribution in [0.5, 0.6) is 0 Å². The third kappa shape index (κ3) is 7.30. The summed E-state index contributed by atoms with van der Waals surface area (Å²) in [4.78, 5) is 30.1. The first kappa shape index (κ1) is 29.8. The Labute approximate surface area is 241 Å². The summed E-state index contributed by atoms with van der Waals surface area (Å²) >= 11 is 0. The van der Waals surface area contributed by atoms with Crippen LogP contribution in [0.15, 0.2) is 54.9 Å². The molecule has 0 saturated heterocycles. The summed E-state index contributed by atoms with van der Waals surface area (Å²) in [6, 6.07) is 13.5. The largest absolute Gasteiger partial charge is 0.394 e. The third-order valence-electron chi connectivity index (χ3n) is 6.37. The second-order valence-electron chi connectivity index (χ2n) is 9.52. The predicted molar refractivity (Wildman–Crippen MR) is 155 cm³/mol. The Morgan fingerprint density at radius 3 is 2.55 bits per heavy atom. The molecule has 2 aromatic carbocycles. The van der Waals surface area contributed by atoms with Gasteiger partial charge in [0.05, 0.1) is 36.8 Å². The number of carbonyl (C=O) groups is 1. The van der Waals surface area contributed by atoms with Gasteiger partial charge >= 0.3 is 0 Å². The first-order valence-corrected chi connectivity index (χ1v) is 13.0. The molecule has 0 radical (unpaired) electrons. The lowest BCUT2D eigenvalue weighted by atomic mass is 10.1. The highest BCUT2D eigenvalue weighted by molar-refractivity contribution is 5.97. The predicted octanol–water partition coefficient (Wildman–Crippen LogP) is 2.70. The number of anilines is 3. The minimum atomic E-state index is -0.963. The lowest BCUT2D eigenvalue weighted by Gasteiger charge is -2.16. The number of nitriles is 1. The fraction of sp³-hybridized carbons (Fsp3) is 0.241. The van der Waals surface area contributed by atoms with E-state index < -0.39 is 24.7 Å². The second-order valence-corrected chi connectivity index (χ2v) is 9.52. The minimum absolute atomic E-state index is 0.0200. The molecule has 7 N–H and O–H groups in total. The monoisotopic (exact) mass is 571 g/mol. The molecule has 0 aliphatic heterocycles. The number of nitrogens with two attached hydrogens (primary N) is 1. The Bertz CT molecular complexity index is 1610. The van der Waals surface area contributed by atoms with Crippen LogP contribution < -0.4 is 21.7 Å². The van der Waals surface area contributed by atoms with Crippen molar-refractivity contribution in [2.45, 2.75) is 32.5 Å². The first-order valence-electron chi connectivity index (χ1n) is 13.0. The minimum Gasteiger partial charge on any atom is -0.394 e. The number of aromatic nitrogens is 4. The fourth-order valence-corrected chi connectivity index (χ4v) is 3.88. The number of nitrogen functional groups attached to an aromatic ring is 1. The maximum atomic E-state index is 14.0. The van der Waals surface area contributed by atoms with Crippen LogP contribution >= 0.6 is 0 Å². The highest BCUT2D eigenvalue weighted by atomic mass is 19.1. The summed E-state index contributed by atoms with van der Waals surface area (Å²) in [5.74, 6) is -0.301. The van der Waals surface area contributed by atoms with Gasteiger partial charge in [0.25, 0.3) is 5.91 Å². The van der Waals surface area contributed by atoms with Crippen LogP contribution in [0.1, 0.15) is 45.8 Å². The van der Waals surface area contributed by atoms with E-state index in [9.17, 15) is 19.6 Å². The van der Waals surface area contributed by atoms with Gasteiger partial charge in [0.1, 0.15) is 11.9 Å². The quantitative estimate of drug-likeness (QED) is 0.155. The van der Waals surface area contributed by atoms with Crippen molar-refractivity contribution in [3.8, 4) is 17.3 Å². The Kier molecular flexibility index (Phi) is 9.53. The zero-order chi connectivity index (χ0) is 30.2. The molecule has 4 aromatic rings. The zero-order valence-electron chi connectivity index (χ0n) is 23.0. The van der Waals surface area contributed by atoms with E-state index in [2.05, 4.69) is 35.9 Å². The second kappa shape index (κ2) is 13.4. The molecule has 2 atom stereocenters. The van der Waals surface area contributed by atoms with Crippen molar-refractivity contribution in [2.75, 3.05) is 29.5 Å². The molecule has 2 aromatic heterocycles. The molecular formula is C29H30FN9O3. The number of hydrogen-bond acceptors (Lipinski definition) is 11. The maximum absolute atomic E-state index is 14.0. The molecule has 216 valence electrons. The summed E-state index contributed by atoms with van der Waals surface area (Å²) in [6.45, 7) is 3.33. The normalized spacial score (nSPS) is 12.2. The molecule has 4 rings (SSSR count). The van der Waals surface area contributed by atoms with Crippen molar-refractivity contribution in [2.24, 2.45) is 0 Å². The Hall–Kier alpha value is -5.19.